The minimum atomic E-state index is -1.42. The number of urea groups is 1. The number of halogens is 1. The molecule has 1 heterocycles. The van der Waals surface area contributed by atoms with Crippen molar-refractivity contribution in [3.05, 3.63) is 131 Å². The standard InChI is InChI=1S/C34H31FN6O6/c35-25-14-16-26(17-15-25)37-33(45)41(20-30-38-27-8-4-5-9-28(27)39-30)19-22-10-12-24(13-11-22)31(42)36-18-29(32(43)44)40-34(46)47-21-23-6-2-1-3-7-23/h1-17,29H,18-21H2,(H,36,42)(H,37,45)(H,38,39)(H,40,46)(H,43,44). The Morgan fingerprint density at radius 1 is 0.851 bits per heavy atom. The van der Waals surface area contributed by atoms with Crippen LogP contribution in [0.25, 0.3) is 11.0 Å². The molecule has 1 aromatic heterocycles. The lowest BCUT2D eigenvalue weighted by Crippen LogP contribution is -2.48. The van der Waals surface area contributed by atoms with Gasteiger partial charge in [0, 0.05) is 24.3 Å². The number of carbonyl (C=O) groups is 4. The van der Waals surface area contributed by atoms with E-state index in [-0.39, 0.29) is 31.8 Å². The van der Waals surface area contributed by atoms with Gasteiger partial charge in [0.1, 0.15) is 24.3 Å². The van der Waals surface area contributed by atoms with Crippen molar-refractivity contribution in [2.75, 3.05) is 11.9 Å². The van der Waals surface area contributed by atoms with Crippen LogP contribution in [-0.4, -0.2) is 56.6 Å². The van der Waals surface area contributed by atoms with Crippen molar-refractivity contribution in [3.8, 4) is 0 Å². The van der Waals surface area contributed by atoms with Crippen LogP contribution in [0.3, 0.4) is 0 Å². The van der Waals surface area contributed by atoms with Crippen molar-refractivity contribution in [3.63, 3.8) is 0 Å². The lowest BCUT2D eigenvalue weighted by atomic mass is 10.1. The Hall–Kier alpha value is -6.24. The Bertz CT molecular complexity index is 1810. The van der Waals surface area contributed by atoms with Crippen molar-refractivity contribution in [1.29, 1.82) is 0 Å². The van der Waals surface area contributed by atoms with E-state index < -0.39 is 35.9 Å². The van der Waals surface area contributed by atoms with E-state index in [1.807, 2.05) is 30.3 Å². The van der Waals surface area contributed by atoms with E-state index in [1.165, 1.54) is 29.2 Å². The fourth-order valence-electron chi connectivity index (χ4n) is 4.58. The van der Waals surface area contributed by atoms with Crippen LogP contribution in [0.15, 0.2) is 103 Å². The van der Waals surface area contributed by atoms with Crippen LogP contribution in [-0.2, 0) is 29.2 Å². The number of aromatic amines is 1. The Morgan fingerprint density at radius 3 is 2.26 bits per heavy atom. The van der Waals surface area contributed by atoms with E-state index in [1.54, 1.807) is 48.5 Å². The van der Waals surface area contributed by atoms with E-state index in [0.29, 0.717) is 17.1 Å². The maximum absolute atomic E-state index is 13.4. The van der Waals surface area contributed by atoms with Crippen LogP contribution in [0.2, 0.25) is 0 Å². The van der Waals surface area contributed by atoms with Gasteiger partial charge in [-0.2, -0.15) is 0 Å². The molecular formula is C34H31FN6O6. The minimum absolute atomic E-state index is 0.0404. The summed E-state index contributed by atoms with van der Waals surface area (Å²) in [5.41, 5.74) is 3.65. The molecule has 1 unspecified atom stereocenters. The predicted octanol–water partition coefficient (Wildman–Crippen LogP) is 5.05. The van der Waals surface area contributed by atoms with E-state index in [9.17, 15) is 28.7 Å². The van der Waals surface area contributed by atoms with Crippen molar-refractivity contribution < 1.29 is 33.4 Å². The Morgan fingerprint density at radius 2 is 1.55 bits per heavy atom. The van der Waals surface area contributed by atoms with Crippen molar-refractivity contribution in [2.45, 2.75) is 25.7 Å². The molecule has 12 nitrogen and oxygen atoms in total. The lowest BCUT2D eigenvalue weighted by molar-refractivity contribution is -0.139. The number of para-hydroxylation sites is 2. The maximum Gasteiger partial charge on any atom is 0.408 e. The smallest absolute Gasteiger partial charge is 0.408 e. The number of carbonyl (C=O) groups excluding carboxylic acids is 3. The van der Waals surface area contributed by atoms with Crippen LogP contribution < -0.4 is 16.0 Å². The first-order valence-corrected chi connectivity index (χ1v) is 14.6. The van der Waals surface area contributed by atoms with Gasteiger partial charge in [-0.3, -0.25) is 4.79 Å². The fourth-order valence-corrected chi connectivity index (χ4v) is 4.58. The first kappa shape index (κ1) is 32.2. The molecule has 0 aliphatic heterocycles. The number of nitrogens with one attached hydrogen (secondary N) is 4. The molecule has 0 spiro atoms. The number of aromatic nitrogens is 2. The molecule has 0 radical (unpaired) electrons. The third kappa shape index (κ3) is 9.14. The highest BCUT2D eigenvalue weighted by Crippen LogP contribution is 2.17. The van der Waals surface area contributed by atoms with Gasteiger partial charge in [-0.1, -0.05) is 54.6 Å². The van der Waals surface area contributed by atoms with Crippen LogP contribution in [0, 0.1) is 5.82 Å². The molecule has 0 saturated heterocycles. The average molecular weight is 639 g/mol. The molecule has 240 valence electrons. The van der Waals surface area contributed by atoms with Crippen LogP contribution in [0.4, 0.5) is 19.7 Å². The second-order valence-electron chi connectivity index (χ2n) is 10.5. The second kappa shape index (κ2) is 15.2. The zero-order valence-electron chi connectivity index (χ0n) is 25.0. The Kier molecular flexibility index (Phi) is 10.4. The van der Waals surface area contributed by atoms with Crippen LogP contribution >= 0.6 is 0 Å². The number of aliphatic carboxylic acids is 1. The van der Waals surface area contributed by atoms with E-state index in [0.717, 1.165) is 16.6 Å². The van der Waals surface area contributed by atoms with Crippen LogP contribution in [0.1, 0.15) is 27.3 Å². The van der Waals surface area contributed by atoms with Crippen molar-refractivity contribution in [1.82, 2.24) is 25.5 Å². The van der Waals surface area contributed by atoms with Gasteiger partial charge in [-0.25, -0.2) is 23.8 Å². The molecule has 13 heteroatoms. The summed E-state index contributed by atoms with van der Waals surface area (Å²) < 4.78 is 18.5. The highest BCUT2D eigenvalue weighted by Gasteiger charge is 2.22. The predicted molar refractivity (Wildman–Crippen MR) is 171 cm³/mol. The van der Waals surface area contributed by atoms with Gasteiger partial charge < -0.3 is 35.7 Å². The monoisotopic (exact) mass is 638 g/mol. The van der Waals surface area contributed by atoms with Gasteiger partial charge in [0.2, 0.25) is 0 Å². The third-order valence-corrected chi connectivity index (χ3v) is 7.02. The van der Waals surface area contributed by atoms with Gasteiger partial charge in [0.25, 0.3) is 5.91 Å². The molecule has 0 bridgehead atoms. The highest BCUT2D eigenvalue weighted by molar-refractivity contribution is 5.94. The van der Waals surface area contributed by atoms with Gasteiger partial charge in [0.05, 0.1) is 17.6 Å². The zero-order valence-corrected chi connectivity index (χ0v) is 25.0. The molecule has 0 aliphatic rings. The molecular weight excluding hydrogens is 607 g/mol. The summed E-state index contributed by atoms with van der Waals surface area (Å²) >= 11 is 0. The summed E-state index contributed by atoms with van der Waals surface area (Å²) in [4.78, 5) is 59.2. The fraction of sp³-hybridized carbons (Fsp3) is 0.147. The van der Waals surface area contributed by atoms with Gasteiger partial charge >= 0.3 is 18.1 Å². The number of benzene rings is 4. The number of carboxylic acids is 1. The molecule has 0 saturated carbocycles. The van der Waals surface area contributed by atoms with Gasteiger partial charge in [-0.15, -0.1) is 0 Å². The number of nitrogens with zero attached hydrogens (tertiary/aromatic N) is 2. The number of hydrogen-bond donors (Lipinski definition) is 5. The molecule has 5 rings (SSSR count). The molecule has 0 fully saturated rings. The Labute approximate surface area is 268 Å². The molecule has 47 heavy (non-hydrogen) atoms. The second-order valence-corrected chi connectivity index (χ2v) is 10.5. The first-order valence-electron chi connectivity index (χ1n) is 14.6. The maximum atomic E-state index is 13.4. The summed E-state index contributed by atoms with van der Waals surface area (Å²) in [6.45, 7) is -0.157. The molecule has 4 aromatic carbocycles. The van der Waals surface area contributed by atoms with Crippen molar-refractivity contribution in [2.24, 2.45) is 0 Å². The number of anilines is 1. The summed E-state index contributed by atoms with van der Waals surface area (Å²) in [7, 11) is 0. The number of fused-ring (bicyclic) bond motifs is 1. The van der Waals surface area contributed by atoms with Crippen LogP contribution in [0.5, 0.6) is 0 Å². The topological polar surface area (TPSA) is 166 Å². The summed E-state index contributed by atoms with van der Waals surface area (Å²) in [6.07, 6.45) is -0.935. The number of imidazole rings is 1. The van der Waals surface area contributed by atoms with E-state index in [4.69, 9.17) is 4.74 Å². The first-order chi connectivity index (χ1) is 22.7. The number of hydrogen-bond acceptors (Lipinski definition) is 6. The zero-order chi connectivity index (χ0) is 33.2. The number of amides is 4. The largest absolute Gasteiger partial charge is 0.480 e. The lowest BCUT2D eigenvalue weighted by Gasteiger charge is -2.22. The molecule has 5 N–H and O–H groups in total. The number of alkyl carbamates (subject to hydrolysis) is 1. The van der Waals surface area contributed by atoms with Gasteiger partial charge in [-0.05, 0) is 59.7 Å². The summed E-state index contributed by atoms with van der Waals surface area (Å²) in [6, 6.07) is 26.3. The summed E-state index contributed by atoms with van der Waals surface area (Å²) in [5.74, 6) is -1.78. The SMILES string of the molecule is O=C(NC(CNC(=O)c1ccc(CN(Cc2nc3ccccc3[nH]2)C(=O)Nc2ccc(F)cc2)cc1)C(=O)O)OCc1ccccc1. The molecule has 1 atom stereocenters. The Balaban J connectivity index is 1.20. The molecule has 4 amide bonds. The number of carboxylic acid groups (broad SMARTS) is 1. The number of H-pyrrole nitrogens is 1. The van der Waals surface area contributed by atoms with Crippen molar-refractivity contribution >= 4 is 40.7 Å². The summed E-state index contributed by atoms with van der Waals surface area (Å²) in [5, 5.41) is 17.0. The molecule has 0 aliphatic carbocycles. The average Bonchev–Trinajstić information content (AvgIpc) is 3.49. The highest BCUT2D eigenvalue weighted by atomic mass is 19.1. The minimum Gasteiger partial charge on any atom is -0.480 e. The molecule has 5 aromatic rings. The van der Waals surface area contributed by atoms with Gasteiger partial charge in [0.15, 0.2) is 0 Å². The number of rotatable bonds is 12. The van der Waals surface area contributed by atoms with E-state index >= 15 is 0 Å². The normalized spacial score (nSPS) is 11.3. The quantitative estimate of drug-likeness (QED) is 0.128. The third-order valence-electron chi connectivity index (χ3n) is 7.02. The number of ether oxygens (including phenoxy) is 1. The van der Waals surface area contributed by atoms with E-state index in [2.05, 4.69) is 25.9 Å².